The van der Waals surface area contributed by atoms with E-state index in [0.717, 1.165) is 19.3 Å². The second-order valence-corrected chi connectivity index (χ2v) is 9.34. The molecule has 10 atom stereocenters. The first-order valence-electron chi connectivity index (χ1n) is 10.8. The predicted octanol–water partition coefficient (Wildman–Crippen LogP) is -1.21. The van der Waals surface area contributed by atoms with Gasteiger partial charge in [-0.05, 0) is 46.0 Å². The fourth-order valence-corrected chi connectivity index (χ4v) is 4.26. The summed E-state index contributed by atoms with van der Waals surface area (Å²) in [4.78, 5) is 0. The van der Waals surface area contributed by atoms with Gasteiger partial charge in [0, 0.05) is 0 Å². The average Bonchev–Trinajstić information content (AvgIpc) is 2.73. The second-order valence-electron chi connectivity index (χ2n) is 9.34. The molecule has 0 aromatic carbocycles. The minimum absolute atomic E-state index is 0.199. The lowest BCUT2D eigenvalue weighted by Crippen LogP contribution is -2.61. The number of rotatable bonds is 6. The maximum Gasteiger partial charge on any atom is 0.187 e. The summed E-state index contributed by atoms with van der Waals surface area (Å²) in [5, 5.41) is 60.3. The molecule has 2 aliphatic heterocycles. The van der Waals surface area contributed by atoms with Crippen LogP contribution in [0.5, 0.6) is 0 Å². The van der Waals surface area contributed by atoms with Crippen molar-refractivity contribution in [2.24, 2.45) is 5.92 Å². The van der Waals surface area contributed by atoms with E-state index in [9.17, 15) is 30.6 Å². The maximum atomic E-state index is 10.4. The lowest BCUT2D eigenvalue weighted by molar-refractivity contribution is -0.340. The smallest absolute Gasteiger partial charge is 0.187 e. The minimum atomic E-state index is -1.53. The lowest BCUT2D eigenvalue weighted by atomic mass is 9.79. The van der Waals surface area contributed by atoms with Crippen LogP contribution in [0, 0.1) is 5.92 Å². The largest absolute Gasteiger partial charge is 0.388 e. The van der Waals surface area contributed by atoms with Gasteiger partial charge < -0.3 is 49.6 Å². The van der Waals surface area contributed by atoms with E-state index >= 15 is 0 Å². The van der Waals surface area contributed by atoms with Crippen molar-refractivity contribution in [3.63, 3.8) is 0 Å². The molecule has 0 spiro atoms. The maximum absolute atomic E-state index is 10.4. The Labute approximate surface area is 182 Å². The van der Waals surface area contributed by atoms with Crippen molar-refractivity contribution < 1.29 is 49.6 Å². The van der Waals surface area contributed by atoms with Gasteiger partial charge in [0.25, 0.3) is 0 Å². The van der Waals surface area contributed by atoms with Gasteiger partial charge >= 0.3 is 0 Å². The third-order valence-corrected chi connectivity index (χ3v) is 6.59. The van der Waals surface area contributed by atoms with Crippen molar-refractivity contribution in [2.45, 2.75) is 101 Å². The quantitative estimate of drug-likeness (QED) is 0.272. The van der Waals surface area contributed by atoms with Crippen LogP contribution in [0.15, 0.2) is 11.6 Å². The van der Waals surface area contributed by atoms with Gasteiger partial charge in [0.05, 0.1) is 18.8 Å². The molecule has 3 rings (SSSR count). The zero-order chi connectivity index (χ0) is 22.9. The Morgan fingerprint density at radius 2 is 1.65 bits per heavy atom. The summed E-state index contributed by atoms with van der Waals surface area (Å²) in [5.74, 6) is 0.199. The fourth-order valence-electron chi connectivity index (χ4n) is 4.26. The Morgan fingerprint density at radius 3 is 2.29 bits per heavy atom. The van der Waals surface area contributed by atoms with Crippen LogP contribution in [0.1, 0.15) is 40.0 Å². The van der Waals surface area contributed by atoms with Crippen LogP contribution >= 0.6 is 0 Å². The Balaban J connectivity index is 1.61. The van der Waals surface area contributed by atoms with Crippen molar-refractivity contribution in [1.29, 1.82) is 0 Å². The molecular weight excluding hydrogens is 412 g/mol. The fraction of sp³-hybridized carbons (Fsp3) is 0.905. The molecule has 6 N–H and O–H groups in total. The Hall–Kier alpha value is -0.660. The monoisotopic (exact) mass is 448 g/mol. The molecule has 0 saturated carbocycles. The molecule has 0 bridgehead atoms. The third-order valence-electron chi connectivity index (χ3n) is 6.59. The molecule has 0 amide bonds. The highest BCUT2D eigenvalue weighted by Crippen LogP contribution is 2.37. The number of hydrogen-bond acceptors (Lipinski definition) is 10. The highest BCUT2D eigenvalue weighted by atomic mass is 16.7. The van der Waals surface area contributed by atoms with E-state index in [-0.39, 0.29) is 19.1 Å². The number of aliphatic hydroxyl groups is 6. The summed E-state index contributed by atoms with van der Waals surface area (Å²) < 4.78 is 22.4. The summed E-state index contributed by atoms with van der Waals surface area (Å²) in [5.41, 5.74) is 0.681. The van der Waals surface area contributed by atoms with Gasteiger partial charge in [-0.15, -0.1) is 0 Å². The molecule has 180 valence electrons. The van der Waals surface area contributed by atoms with Gasteiger partial charge in [0.1, 0.15) is 42.7 Å². The van der Waals surface area contributed by atoms with E-state index in [1.54, 1.807) is 0 Å². The molecule has 10 nitrogen and oxygen atoms in total. The van der Waals surface area contributed by atoms with E-state index in [0.29, 0.717) is 0 Å². The van der Waals surface area contributed by atoms with Crippen molar-refractivity contribution in [3.05, 3.63) is 11.6 Å². The van der Waals surface area contributed by atoms with E-state index in [1.807, 2.05) is 13.8 Å². The van der Waals surface area contributed by atoms with Crippen molar-refractivity contribution in [1.82, 2.24) is 0 Å². The molecule has 0 aromatic rings. The summed E-state index contributed by atoms with van der Waals surface area (Å²) in [6, 6.07) is 0. The molecule has 0 radical (unpaired) electrons. The summed E-state index contributed by atoms with van der Waals surface area (Å²) in [7, 11) is 0. The van der Waals surface area contributed by atoms with Crippen LogP contribution in [0.2, 0.25) is 0 Å². The Bertz CT molecular complexity index is 625. The van der Waals surface area contributed by atoms with Crippen molar-refractivity contribution in [2.75, 3.05) is 13.2 Å². The topological polar surface area (TPSA) is 158 Å². The highest BCUT2D eigenvalue weighted by Gasteiger charge is 2.48. The van der Waals surface area contributed by atoms with Gasteiger partial charge in [-0.3, -0.25) is 0 Å². The molecular formula is C21H36O10. The SMILES string of the molecule is CC1=CC[C@@H](C(C)(C)O[C@@H]2O[C@H](CO[C@@H]3OC[C@H](O)[C@H](O)[C@H]3O)[C@@H](O)[C@H](O)[C@H]2O)CC1. The van der Waals surface area contributed by atoms with E-state index in [2.05, 4.69) is 13.0 Å². The molecule has 2 fully saturated rings. The van der Waals surface area contributed by atoms with Gasteiger partial charge in [-0.1, -0.05) is 11.6 Å². The van der Waals surface area contributed by atoms with Crippen molar-refractivity contribution >= 4 is 0 Å². The van der Waals surface area contributed by atoms with E-state index < -0.39 is 60.9 Å². The number of aliphatic hydroxyl groups excluding tert-OH is 6. The molecule has 31 heavy (non-hydrogen) atoms. The standard InChI is InChI=1S/C21H36O10/c1-10-4-6-11(7-5-10)21(2,3)31-20-18(27)16(25)15(24)13(30-20)9-29-19-17(26)14(23)12(22)8-28-19/h4,11-20,22-27H,5-9H2,1-3H3/t11-,12+,13-,14+,15-,16+,17-,18-,19+,20+/m1/s1. The first-order chi connectivity index (χ1) is 14.5. The van der Waals surface area contributed by atoms with Crippen LogP contribution in [0.4, 0.5) is 0 Å². The number of hydrogen-bond donors (Lipinski definition) is 6. The van der Waals surface area contributed by atoms with Crippen molar-refractivity contribution in [3.8, 4) is 0 Å². The molecule has 0 unspecified atom stereocenters. The normalized spacial score (nSPS) is 44.7. The van der Waals surface area contributed by atoms with Gasteiger partial charge in [0.15, 0.2) is 12.6 Å². The minimum Gasteiger partial charge on any atom is -0.388 e. The molecule has 2 saturated heterocycles. The molecule has 3 aliphatic rings. The molecule has 0 aromatic heterocycles. The van der Waals surface area contributed by atoms with Crippen LogP contribution in [0.3, 0.4) is 0 Å². The predicted molar refractivity (Wildman–Crippen MR) is 107 cm³/mol. The molecule has 1 aliphatic carbocycles. The zero-order valence-electron chi connectivity index (χ0n) is 18.2. The van der Waals surface area contributed by atoms with Crippen LogP contribution in [-0.2, 0) is 18.9 Å². The first kappa shape index (κ1) is 25.0. The van der Waals surface area contributed by atoms with Crippen LogP contribution in [-0.4, -0.2) is 105 Å². The van der Waals surface area contributed by atoms with Crippen LogP contribution < -0.4 is 0 Å². The van der Waals surface area contributed by atoms with Gasteiger partial charge in [0.2, 0.25) is 0 Å². The second kappa shape index (κ2) is 10.1. The summed E-state index contributed by atoms with van der Waals surface area (Å²) in [6.07, 6.45) is -7.22. The molecule has 2 heterocycles. The first-order valence-corrected chi connectivity index (χ1v) is 10.8. The number of ether oxygens (including phenoxy) is 4. The van der Waals surface area contributed by atoms with Crippen LogP contribution in [0.25, 0.3) is 0 Å². The third kappa shape index (κ3) is 5.64. The average molecular weight is 449 g/mol. The summed E-state index contributed by atoms with van der Waals surface area (Å²) >= 11 is 0. The Kier molecular flexibility index (Phi) is 8.12. The number of allylic oxidation sites excluding steroid dienone is 2. The highest BCUT2D eigenvalue weighted by molar-refractivity contribution is 5.05. The van der Waals surface area contributed by atoms with E-state index in [4.69, 9.17) is 18.9 Å². The lowest BCUT2D eigenvalue weighted by Gasteiger charge is -2.45. The van der Waals surface area contributed by atoms with E-state index in [1.165, 1.54) is 5.57 Å². The van der Waals surface area contributed by atoms with Gasteiger partial charge in [-0.25, -0.2) is 0 Å². The Morgan fingerprint density at radius 1 is 0.968 bits per heavy atom. The van der Waals surface area contributed by atoms with Gasteiger partial charge in [-0.2, -0.15) is 0 Å². The molecule has 10 heteroatoms. The zero-order valence-corrected chi connectivity index (χ0v) is 18.2. The summed E-state index contributed by atoms with van der Waals surface area (Å²) in [6.45, 7) is 5.37.